The lowest BCUT2D eigenvalue weighted by Crippen LogP contribution is -2.25. The van der Waals surface area contributed by atoms with Crippen molar-refractivity contribution in [1.82, 2.24) is 20.1 Å². The van der Waals surface area contributed by atoms with Crippen LogP contribution in [0.25, 0.3) is 0 Å². The molecule has 3 heterocycles. The van der Waals surface area contributed by atoms with Gasteiger partial charge < -0.3 is 9.29 Å². The SMILES string of the molecule is O=[S+]([O-])(Nc1nncs1)c1ccc2c(c1)OCCN(Cc1nccs1)C2. The van der Waals surface area contributed by atoms with Gasteiger partial charge in [-0.1, -0.05) is 15.5 Å². The molecule has 1 unspecified atom stereocenters. The Morgan fingerprint density at radius 1 is 1.38 bits per heavy atom. The molecule has 4 rings (SSSR count). The molecule has 1 aliphatic rings. The maximum Gasteiger partial charge on any atom is 0.247 e. The lowest BCUT2D eigenvalue weighted by molar-refractivity contribution is 0.219. The molecule has 2 aromatic heterocycles. The Bertz CT molecular complexity index is 917. The molecule has 1 aromatic carbocycles. The highest BCUT2D eigenvalue weighted by Crippen LogP contribution is 2.30. The molecule has 1 N–H and O–H groups in total. The van der Waals surface area contributed by atoms with Crippen LogP contribution in [0.4, 0.5) is 5.13 Å². The fourth-order valence-electron chi connectivity index (χ4n) is 2.62. The van der Waals surface area contributed by atoms with Crippen LogP contribution < -0.4 is 9.46 Å². The molecule has 8 nitrogen and oxygen atoms in total. The molecule has 0 radical (unpaired) electrons. The third-order valence-electron chi connectivity index (χ3n) is 3.83. The van der Waals surface area contributed by atoms with Crippen molar-refractivity contribution in [2.24, 2.45) is 0 Å². The Morgan fingerprint density at radius 2 is 2.31 bits per heavy atom. The molecule has 0 saturated heterocycles. The first-order valence-electron chi connectivity index (χ1n) is 7.75. The Morgan fingerprint density at radius 3 is 3.08 bits per heavy atom. The number of anilines is 1. The van der Waals surface area contributed by atoms with E-state index in [0.717, 1.165) is 35.0 Å². The first-order chi connectivity index (χ1) is 12.6. The van der Waals surface area contributed by atoms with Crippen LogP contribution >= 0.6 is 22.7 Å². The standard InChI is InChI=1S/C15H15N5O3S3/c21-26(22,19-15-18-17-10-25-15)12-2-1-11-8-20(4-5-23-13(11)7-12)9-14-16-3-6-24-14/h1-3,6-7,10H,4-5,8-9H2,(H-,18,19,21,22). The predicted octanol–water partition coefficient (Wildman–Crippen LogP) is 2.41. The molecule has 26 heavy (non-hydrogen) atoms. The van der Waals surface area contributed by atoms with Crippen molar-refractivity contribution in [3.63, 3.8) is 0 Å². The molecular weight excluding hydrogens is 394 g/mol. The lowest BCUT2D eigenvalue weighted by atomic mass is 10.2. The summed E-state index contributed by atoms with van der Waals surface area (Å²) in [5.41, 5.74) is 2.42. The number of rotatable bonds is 5. The van der Waals surface area contributed by atoms with Gasteiger partial charge in [0, 0.05) is 36.3 Å². The van der Waals surface area contributed by atoms with Gasteiger partial charge in [0.2, 0.25) is 5.13 Å². The number of ether oxygens (including phenoxy) is 1. The van der Waals surface area contributed by atoms with E-state index in [-0.39, 0.29) is 10.0 Å². The highest BCUT2D eigenvalue weighted by Gasteiger charge is 2.25. The molecule has 11 heteroatoms. The smallest absolute Gasteiger partial charge is 0.247 e. The quantitative estimate of drug-likeness (QED) is 0.645. The van der Waals surface area contributed by atoms with Gasteiger partial charge in [-0.05, 0) is 12.1 Å². The molecule has 1 aliphatic heterocycles. The summed E-state index contributed by atoms with van der Waals surface area (Å²) in [6, 6.07) is 4.94. The van der Waals surface area contributed by atoms with E-state index in [4.69, 9.17) is 4.74 Å². The van der Waals surface area contributed by atoms with E-state index in [1.807, 2.05) is 5.38 Å². The predicted molar refractivity (Wildman–Crippen MR) is 98.8 cm³/mol. The summed E-state index contributed by atoms with van der Waals surface area (Å²) in [4.78, 5) is 6.69. The zero-order chi connectivity index (χ0) is 18.0. The summed E-state index contributed by atoms with van der Waals surface area (Å²) in [7, 11) is -3.73. The molecular formula is C15H15N5O3S3. The Kier molecular flexibility index (Phi) is 4.96. The second-order valence-corrected chi connectivity index (χ2v) is 9.10. The molecule has 0 aliphatic carbocycles. The monoisotopic (exact) mass is 409 g/mol. The number of benzene rings is 1. The van der Waals surface area contributed by atoms with Crippen LogP contribution in [0.3, 0.4) is 0 Å². The van der Waals surface area contributed by atoms with Gasteiger partial charge in [0.15, 0.2) is 15.3 Å². The molecule has 136 valence electrons. The maximum atomic E-state index is 12.5. The van der Waals surface area contributed by atoms with Crippen LogP contribution in [0.1, 0.15) is 10.6 Å². The van der Waals surface area contributed by atoms with Crippen LogP contribution in [0.5, 0.6) is 5.75 Å². The molecule has 0 fully saturated rings. The molecule has 1 atom stereocenters. The normalized spacial score (nSPS) is 17.0. The van der Waals surface area contributed by atoms with Gasteiger partial charge in [-0.2, -0.15) is 4.72 Å². The minimum Gasteiger partial charge on any atom is -0.588 e. The number of nitrogens with zero attached hydrogens (tertiary/aromatic N) is 4. The fraction of sp³-hybridized carbons (Fsp3) is 0.267. The van der Waals surface area contributed by atoms with Gasteiger partial charge in [0.05, 0.1) is 6.54 Å². The number of fused-ring (bicyclic) bond motifs is 1. The molecule has 0 saturated carbocycles. The van der Waals surface area contributed by atoms with Gasteiger partial charge in [0.1, 0.15) is 22.9 Å². The molecule has 3 aromatic rings. The average molecular weight is 410 g/mol. The lowest BCUT2D eigenvalue weighted by Gasteiger charge is -2.18. The number of nitrogens with one attached hydrogen (secondary N) is 1. The largest absolute Gasteiger partial charge is 0.588 e. The first kappa shape index (κ1) is 17.5. The average Bonchev–Trinajstić information content (AvgIpc) is 3.26. The van der Waals surface area contributed by atoms with Crippen molar-refractivity contribution in [3.05, 3.63) is 45.9 Å². The number of sulfonamides is 1. The summed E-state index contributed by atoms with van der Waals surface area (Å²) in [5.74, 6) is 0.590. The van der Waals surface area contributed by atoms with E-state index in [2.05, 4.69) is 24.8 Å². The summed E-state index contributed by atoms with van der Waals surface area (Å²) >= 11 is 2.74. The highest BCUT2D eigenvalue weighted by atomic mass is 32.3. The zero-order valence-corrected chi connectivity index (χ0v) is 16.0. The van der Waals surface area contributed by atoms with E-state index in [9.17, 15) is 8.76 Å². The van der Waals surface area contributed by atoms with Gasteiger partial charge in [-0.3, -0.25) is 4.90 Å². The number of hydrogen-bond acceptors (Lipinski definition) is 9. The van der Waals surface area contributed by atoms with E-state index in [0.29, 0.717) is 18.9 Å². The number of hydrogen-bond donors (Lipinski definition) is 1. The second-order valence-electron chi connectivity index (χ2n) is 5.60. The first-order valence-corrected chi connectivity index (χ1v) is 11.0. The van der Waals surface area contributed by atoms with Gasteiger partial charge >= 0.3 is 0 Å². The molecule has 0 bridgehead atoms. The van der Waals surface area contributed by atoms with Crippen molar-refractivity contribution in [2.75, 3.05) is 17.9 Å². The van der Waals surface area contributed by atoms with E-state index >= 15 is 0 Å². The van der Waals surface area contributed by atoms with Crippen molar-refractivity contribution in [2.45, 2.75) is 18.0 Å². The van der Waals surface area contributed by atoms with Gasteiger partial charge in [0.25, 0.3) is 0 Å². The third-order valence-corrected chi connectivity index (χ3v) is 6.67. The Labute approximate surface area is 159 Å². The fourth-order valence-corrected chi connectivity index (χ4v) is 4.99. The zero-order valence-electron chi connectivity index (χ0n) is 13.5. The van der Waals surface area contributed by atoms with E-state index in [1.165, 1.54) is 5.51 Å². The topological polar surface area (TPSA) is 103 Å². The van der Waals surface area contributed by atoms with Crippen LogP contribution in [0.15, 0.2) is 40.2 Å². The Hall–Kier alpha value is -1.92. The highest BCUT2D eigenvalue weighted by molar-refractivity contribution is 7.99. The van der Waals surface area contributed by atoms with Crippen LogP contribution in [0, 0.1) is 0 Å². The number of thiazole rings is 1. The van der Waals surface area contributed by atoms with Crippen LogP contribution in [0.2, 0.25) is 0 Å². The van der Waals surface area contributed by atoms with Gasteiger partial charge in [-0.15, -0.1) is 21.5 Å². The Balaban J connectivity index is 1.53. The van der Waals surface area contributed by atoms with Crippen molar-refractivity contribution in [3.8, 4) is 5.75 Å². The maximum absolute atomic E-state index is 12.5. The molecule has 0 spiro atoms. The summed E-state index contributed by atoms with van der Waals surface area (Å²) in [5, 5.41) is 10.6. The number of aromatic nitrogens is 3. The summed E-state index contributed by atoms with van der Waals surface area (Å²) in [6.45, 7) is 2.67. The summed E-state index contributed by atoms with van der Waals surface area (Å²) < 4.78 is 33.2. The summed E-state index contributed by atoms with van der Waals surface area (Å²) in [6.07, 6.45) is 1.80. The van der Waals surface area contributed by atoms with E-state index < -0.39 is 10.4 Å². The van der Waals surface area contributed by atoms with E-state index in [1.54, 1.807) is 35.7 Å². The third kappa shape index (κ3) is 3.91. The van der Waals surface area contributed by atoms with Crippen molar-refractivity contribution >= 4 is 38.2 Å². The minimum absolute atomic E-state index is 0.139. The van der Waals surface area contributed by atoms with Crippen molar-refractivity contribution < 1.29 is 13.5 Å². The second kappa shape index (κ2) is 7.37. The van der Waals surface area contributed by atoms with Gasteiger partial charge in [-0.25, -0.2) is 4.98 Å². The minimum atomic E-state index is -3.73. The van der Waals surface area contributed by atoms with Crippen LogP contribution in [-0.2, 0) is 27.7 Å². The van der Waals surface area contributed by atoms with Crippen LogP contribution in [-0.4, -0.2) is 37.8 Å². The molecule has 0 amide bonds. The van der Waals surface area contributed by atoms with Crippen molar-refractivity contribution in [1.29, 1.82) is 0 Å².